The minimum Gasteiger partial charge on any atom is -0.408 e. The van der Waals surface area contributed by atoms with Crippen molar-refractivity contribution in [3.8, 4) is 5.75 Å². The third-order valence-corrected chi connectivity index (χ3v) is 4.94. The van der Waals surface area contributed by atoms with Gasteiger partial charge in [0.25, 0.3) is 5.91 Å². The quantitative estimate of drug-likeness (QED) is 0.868. The van der Waals surface area contributed by atoms with Crippen LogP contribution in [0.4, 0.5) is 4.79 Å². The fourth-order valence-electron chi connectivity index (χ4n) is 3.00. The number of hydrogen-bond donors (Lipinski definition) is 1. The van der Waals surface area contributed by atoms with Crippen LogP contribution in [0.1, 0.15) is 28.9 Å². The number of benzene rings is 1. The number of nitrogens with zero attached hydrogens (tertiary/aromatic N) is 2. The van der Waals surface area contributed by atoms with E-state index in [9.17, 15) is 9.59 Å². The number of pyridine rings is 1. The number of rotatable bonds is 4. The van der Waals surface area contributed by atoms with Gasteiger partial charge in [0.1, 0.15) is 0 Å². The number of amides is 2. The van der Waals surface area contributed by atoms with Crippen molar-refractivity contribution < 1.29 is 14.3 Å². The first-order chi connectivity index (χ1) is 13.0. The molecule has 3 rings (SSSR count). The molecule has 1 N–H and O–H groups in total. The van der Waals surface area contributed by atoms with E-state index in [1.807, 2.05) is 0 Å². The van der Waals surface area contributed by atoms with Gasteiger partial charge in [-0.25, -0.2) is 4.79 Å². The zero-order chi connectivity index (χ0) is 19.2. The average molecular weight is 388 g/mol. The fourth-order valence-corrected chi connectivity index (χ4v) is 3.12. The van der Waals surface area contributed by atoms with Crippen LogP contribution < -0.4 is 10.1 Å². The first kappa shape index (κ1) is 19.2. The molecular weight excluding hydrogens is 366 g/mol. The van der Waals surface area contributed by atoms with Crippen molar-refractivity contribution in [3.05, 3.63) is 58.9 Å². The highest BCUT2D eigenvalue weighted by Crippen LogP contribution is 2.20. The molecule has 2 amide bonds. The molecular formula is C20H22ClN3O3. The van der Waals surface area contributed by atoms with Crippen molar-refractivity contribution in [3.63, 3.8) is 0 Å². The maximum absolute atomic E-state index is 12.3. The number of halogens is 1. The SMILES string of the molecule is Cc1ncccc1OC(=O)N1CCC(CNC(=O)c2ccc(Cl)cc2)CC1. The number of carbonyl (C=O) groups is 2. The summed E-state index contributed by atoms with van der Waals surface area (Å²) in [5.41, 5.74) is 1.28. The Labute approximate surface area is 163 Å². The summed E-state index contributed by atoms with van der Waals surface area (Å²) in [5.74, 6) is 0.714. The van der Waals surface area contributed by atoms with Crippen molar-refractivity contribution in [2.75, 3.05) is 19.6 Å². The van der Waals surface area contributed by atoms with Gasteiger partial charge in [-0.15, -0.1) is 0 Å². The molecule has 2 aromatic rings. The van der Waals surface area contributed by atoms with Gasteiger partial charge < -0.3 is 15.0 Å². The summed E-state index contributed by atoms with van der Waals surface area (Å²) in [6, 6.07) is 10.3. The molecule has 27 heavy (non-hydrogen) atoms. The molecule has 1 aliphatic heterocycles. The Kier molecular flexibility index (Phi) is 6.29. The number of hydrogen-bond acceptors (Lipinski definition) is 4. The molecule has 1 aromatic carbocycles. The number of ether oxygens (including phenoxy) is 1. The molecule has 7 heteroatoms. The second-order valence-corrected chi connectivity index (χ2v) is 7.04. The number of nitrogens with one attached hydrogen (secondary N) is 1. The van der Waals surface area contributed by atoms with Gasteiger partial charge in [0.05, 0.1) is 5.69 Å². The van der Waals surface area contributed by atoms with Crippen LogP contribution in [0.2, 0.25) is 5.02 Å². The summed E-state index contributed by atoms with van der Waals surface area (Å²) < 4.78 is 5.43. The van der Waals surface area contributed by atoms with Gasteiger partial charge in [-0.2, -0.15) is 0 Å². The van der Waals surface area contributed by atoms with E-state index < -0.39 is 0 Å². The van der Waals surface area contributed by atoms with E-state index in [1.54, 1.807) is 54.4 Å². The number of aromatic nitrogens is 1. The van der Waals surface area contributed by atoms with Crippen LogP contribution in [-0.2, 0) is 0 Å². The standard InChI is InChI=1S/C20H22ClN3O3/c1-14-18(3-2-10-22-14)27-20(26)24-11-8-15(9-12-24)13-23-19(25)16-4-6-17(21)7-5-16/h2-7,10,15H,8-9,11-13H2,1H3,(H,23,25). The summed E-state index contributed by atoms with van der Waals surface area (Å²) in [5, 5.41) is 3.56. The van der Waals surface area contributed by atoms with Crippen molar-refractivity contribution in [2.45, 2.75) is 19.8 Å². The van der Waals surface area contributed by atoms with Crippen LogP contribution in [0.3, 0.4) is 0 Å². The summed E-state index contributed by atoms with van der Waals surface area (Å²) in [7, 11) is 0. The van der Waals surface area contributed by atoms with Gasteiger partial charge in [-0.3, -0.25) is 9.78 Å². The van der Waals surface area contributed by atoms with Gasteiger partial charge in [-0.05, 0) is 62.1 Å². The monoisotopic (exact) mass is 387 g/mol. The Bertz CT molecular complexity index is 802. The van der Waals surface area contributed by atoms with E-state index in [2.05, 4.69) is 10.3 Å². The lowest BCUT2D eigenvalue weighted by atomic mass is 9.97. The Morgan fingerprint density at radius 2 is 1.93 bits per heavy atom. The van der Waals surface area contributed by atoms with Crippen molar-refractivity contribution in [1.29, 1.82) is 0 Å². The number of aryl methyl sites for hydroxylation is 1. The Hall–Kier alpha value is -2.60. The van der Waals surface area contributed by atoms with Crippen LogP contribution in [0.5, 0.6) is 5.75 Å². The molecule has 0 saturated carbocycles. The Morgan fingerprint density at radius 3 is 2.59 bits per heavy atom. The largest absolute Gasteiger partial charge is 0.415 e. The number of likely N-dealkylation sites (tertiary alicyclic amines) is 1. The van der Waals surface area contributed by atoms with Crippen molar-refractivity contribution in [2.24, 2.45) is 5.92 Å². The number of piperidine rings is 1. The molecule has 1 saturated heterocycles. The second-order valence-electron chi connectivity index (χ2n) is 6.60. The summed E-state index contributed by atoms with van der Waals surface area (Å²) in [6.45, 7) is 3.61. The number of carbonyl (C=O) groups excluding carboxylic acids is 2. The molecule has 0 atom stereocenters. The first-order valence-electron chi connectivity index (χ1n) is 8.95. The molecule has 6 nitrogen and oxygen atoms in total. The predicted octanol–water partition coefficient (Wildman–Crippen LogP) is 3.68. The van der Waals surface area contributed by atoms with Gasteiger partial charge in [0.2, 0.25) is 0 Å². The molecule has 0 radical (unpaired) electrons. The maximum atomic E-state index is 12.3. The average Bonchev–Trinajstić information content (AvgIpc) is 2.69. The minimum absolute atomic E-state index is 0.111. The third kappa shape index (κ3) is 5.20. The zero-order valence-electron chi connectivity index (χ0n) is 15.2. The lowest BCUT2D eigenvalue weighted by Crippen LogP contribution is -2.42. The van der Waals surface area contributed by atoms with Crippen LogP contribution in [0, 0.1) is 12.8 Å². The smallest absolute Gasteiger partial charge is 0.408 e. The molecule has 1 aromatic heterocycles. The molecule has 2 heterocycles. The van der Waals surface area contributed by atoms with E-state index in [4.69, 9.17) is 16.3 Å². The lowest BCUT2D eigenvalue weighted by Gasteiger charge is -2.31. The van der Waals surface area contributed by atoms with E-state index in [-0.39, 0.29) is 12.0 Å². The predicted molar refractivity (Wildman–Crippen MR) is 103 cm³/mol. The van der Waals surface area contributed by atoms with E-state index >= 15 is 0 Å². The molecule has 0 spiro atoms. The molecule has 0 aliphatic carbocycles. The van der Waals surface area contributed by atoms with Crippen LogP contribution in [0.15, 0.2) is 42.6 Å². The van der Waals surface area contributed by atoms with Crippen LogP contribution in [-0.4, -0.2) is 41.5 Å². The topological polar surface area (TPSA) is 71.5 Å². The normalized spacial score (nSPS) is 14.7. The van der Waals surface area contributed by atoms with Crippen molar-refractivity contribution in [1.82, 2.24) is 15.2 Å². The van der Waals surface area contributed by atoms with Gasteiger partial charge in [-0.1, -0.05) is 11.6 Å². The van der Waals surface area contributed by atoms with Gasteiger partial charge in [0, 0.05) is 36.4 Å². The van der Waals surface area contributed by atoms with Crippen molar-refractivity contribution >= 4 is 23.6 Å². The highest BCUT2D eigenvalue weighted by molar-refractivity contribution is 6.30. The van der Waals surface area contributed by atoms with E-state index in [0.717, 1.165) is 12.8 Å². The van der Waals surface area contributed by atoms with Crippen LogP contribution >= 0.6 is 11.6 Å². The highest BCUT2D eigenvalue weighted by Gasteiger charge is 2.25. The summed E-state index contributed by atoms with van der Waals surface area (Å²) >= 11 is 5.84. The maximum Gasteiger partial charge on any atom is 0.415 e. The van der Waals surface area contributed by atoms with E-state index in [0.29, 0.717) is 47.6 Å². The Morgan fingerprint density at radius 1 is 1.22 bits per heavy atom. The summed E-state index contributed by atoms with van der Waals surface area (Å²) in [6.07, 6.45) is 2.95. The zero-order valence-corrected chi connectivity index (χ0v) is 15.9. The minimum atomic E-state index is -0.352. The molecule has 1 fully saturated rings. The van der Waals surface area contributed by atoms with Crippen LogP contribution in [0.25, 0.3) is 0 Å². The molecule has 0 unspecified atom stereocenters. The molecule has 1 aliphatic rings. The molecule has 0 bridgehead atoms. The Balaban J connectivity index is 1.43. The fraction of sp³-hybridized carbons (Fsp3) is 0.350. The third-order valence-electron chi connectivity index (χ3n) is 4.69. The highest BCUT2D eigenvalue weighted by atomic mass is 35.5. The van der Waals surface area contributed by atoms with E-state index in [1.165, 1.54) is 0 Å². The van der Waals surface area contributed by atoms with Gasteiger partial charge in [0.15, 0.2) is 5.75 Å². The summed E-state index contributed by atoms with van der Waals surface area (Å²) in [4.78, 5) is 30.3. The second kappa shape index (κ2) is 8.86. The molecule has 142 valence electrons. The van der Waals surface area contributed by atoms with Gasteiger partial charge >= 0.3 is 6.09 Å². The first-order valence-corrected chi connectivity index (χ1v) is 9.33. The lowest BCUT2D eigenvalue weighted by molar-refractivity contribution is 0.0931.